The standard InChI is InChI=1S/C9H6F3/c10-6-3-7(11)9(5-1-2-5)8(12)4-6/h3-4H,1-2H2. The molecule has 0 bridgehead atoms. The van der Waals surface area contributed by atoms with Crippen molar-refractivity contribution in [2.45, 2.75) is 12.8 Å². The van der Waals surface area contributed by atoms with E-state index in [1.54, 1.807) is 0 Å². The summed E-state index contributed by atoms with van der Waals surface area (Å²) in [6.07, 6.45) is 1.44. The van der Waals surface area contributed by atoms with Crippen molar-refractivity contribution in [3.63, 3.8) is 0 Å². The van der Waals surface area contributed by atoms with Crippen LogP contribution < -0.4 is 0 Å². The van der Waals surface area contributed by atoms with Crippen molar-refractivity contribution in [2.24, 2.45) is 0 Å². The van der Waals surface area contributed by atoms with Gasteiger partial charge in [0.25, 0.3) is 0 Å². The van der Waals surface area contributed by atoms with Gasteiger partial charge < -0.3 is 0 Å². The summed E-state index contributed by atoms with van der Waals surface area (Å²) in [5, 5.41) is 0. The van der Waals surface area contributed by atoms with Gasteiger partial charge in [-0.25, -0.2) is 13.2 Å². The van der Waals surface area contributed by atoms with Gasteiger partial charge in [0.2, 0.25) is 0 Å². The molecule has 2 rings (SSSR count). The quantitative estimate of drug-likeness (QED) is 0.609. The van der Waals surface area contributed by atoms with E-state index < -0.39 is 17.5 Å². The topological polar surface area (TPSA) is 0 Å². The monoisotopic (exact) mass is 171 g/mol. The molecular weight excluding hydrogens is 165 g/mol. The van der Waals surface area contributed by atoms with Crippen molar-refractivity contribution in [3.05, 3.63) is 41.1 Å². The molecule has 0 amide bonds. The molecule has 1 radical (unpaired) electrons. The molecule has 1 aliphatic carbocycles. The van der Waals surface area contributed by atoms with Crippen LogP contribution in [0.25, 0.3) is 0 Å². The van der Waals surface area contributed by atoms with E-state index in [-0.39, 0.29) is 5.56 Å². The maximum absolute atomic E-state index is 12.9. The van der Waals surface area contributed by atoms with Crippen molar-refractivity contribution in [2.75, 3.05) is 0 Å². The summed E-state index contributed by atoms with van der Waals surface area (Å²) in [4.78, 5) is 0. The molecule has 0 unspecified atom stereocenters. The summed E-state index contributed by atoms with van der Waals surface area (Å²) in [7, 11) is 0. The molecular formula is C9H6F3. The summed E-state index contributed by atoms with van der Waals surface area (Å²) in [5.41, 5.74) is -0.0311. The van der Waals surface area contributed by atoms with Gasteiger partial charge in [-0.15, -0.1) is 0 Å². The van der Waals surface area contributed by atoms with Gasteiger partial charge in [0.05, 0.1) is 0 Å². The maximum Gasteiger partial charge on any atom is 0.132 e. The van der Waals surface area contributed by atoms with Crippen molar-refractivity contribution in [1.82, 2.24) is 0 Å². The molecule has 0 heterocycles. The molecule has 0 aliphatic heterocycles. The molecule has 1 saturated carbocycles. The van der Waals surface area contributed by atoms with E-state index in [1.807, 2.05) is 0 Å². The Labute approximate surface area is 68.0 Å². The summed E-state index contributed by atoms with van der Waals surface area (Å²) in [6, 6.07) is 1.42. The van der Waals surface area contributed by atoms with Gasteiger partial charge in [0, 0.05) is 23.6 Å². The van der Waals surface area contributed by atoms with Crippen LogP contribution in [-0.2, 0) is 0 Å². The van der Waals surface area contributed by atoms with E-state index in [0.29, 0.717) is 12.1 Å². The Morgan fingerprint density at radius 3 is 1.83 bits per heavy atom. The van der Waals surface area contributed by atoms with Crippen LogP contribution in [0.3, 0.4) is 0 Å². The second kappa shape index (κ2) is 2.51. The molecule has 1 fully saturated rings. The summed E-state index contributed by atoms with van der Waals surface area (Å²) in [6.45, 7) is 0. The fourth-order valence-electron chi connectivity index (χ4n) is 1.19. The second-order valence-electron chi connectivity index (χ2n) is 2.85. The third-order valence-corrected chi connectivity index (χ3v) is 1.86. The molecule has 12 heavy (non-hydrogen) atoms. The van der Waals surface area contributed by atoms with Crippen LogP contribution in [0.5, 0.6) is 0 Å². The molecule has 1 aromatic rings. The van der Waals surface area contributed by atoms with E-state index in [4.69, 9.17) is 0 Å². The smallest absolute Gasteiger partial charge is 0.132 e. The Morgan fingerprint density at radius 1 is 0.917 bits per heavy atom. The van der Waals surface area contributed by atoms with Gasteiger partial charge in [-0.1, -0.05) is 0 Å². The molecule has 3 heteroatoms. The highest BCUT2D eigenvalue weighted by Crippen LogP contribution is 2.41. The lowest BCUT2D eigenvalue weighted by Gasteiger charge is -2.01. The number of hydrogen-bond donors (Lipinski definition) is 0. The van der Waals surface area contributed by atoms with Gasteiger partial charge in [-0.2, -0.15) is 0 Å². The lowest BCUT2D eigenvalue weighted by molar-refractivity contribution is 0.533. The van der Waals surface area contributed by atoms with Crippen LogP contribution in [0.2, 0.25) is 0 Å². The molecule has 0 atom stereocenters. The lowest BCUT2D eigenvalue weighted by atomic mass is 10.1. The first kappa shape index (κ1) is 7.65. The fourth-order valence-corrected chi connectivity index (χ4v) is 1.19. The van der Waals surface area contributed by atoms with Crippen LogP contribution in [0.4, 0.5) is 13.2 Å². The molecule has 1 aromatic carbocycles. The zero-order chi connectivity index (χ0) is 8.72. The van der Waals surface area contributed by atoms with Crippen LogP contribution in [0, 0.1) is 23.4 Å². The van der Waals surface area contributed by atoms with E-state index in [2.05, 4.69) is 0 Å². The van der Waals surface area contributed by atoms with Crippen LogP contribution >= 0.6 is 0 Å². The van der Waals surface area contributed by atoms with Crippen molar-refractivity contribution >= 4 is 0 Å². The Bertz CT molecular complexity index is 293. The van der Waals surface area contributed by atoms with Gasteiger partial charge in [-0.05, 0) is 12.8 Å². The number of hydrogen-bond acceptors (Lipinski definition) is 0. The average molecular weight is 171 g/mol. The van der Waals surface area contributed by atoms with E-state index in [0.717, 1.165) is 18.8 Å². The highest BCUT2D eigenvalue weighted by atomic mass is 19.1. The number of rotatable bonds is 1. The Kier molecular flexibility index (Phi) is 1.60. The summed E-state index contributed by atoms with van der Waals surface area (Å²) >= 11 is 0. The van der Waals surface area contributed by atoms with Gasteiger partial charge in [-0.3, -0.25) is 0 Å². The predicted molar refractivity (Wildman–Crippen MR) is 37.9 cm³/mol. The summed E-state index contributed by atoms with van der Waals surface area (Å²) < 4.78 is 38.2. The molecule has 0 aromatic heterocycles. The van der Waals surface area contributed by atoms with Crippen LogP contribution in [0.15, 0.2) is 12.1 Å². The Balaban J connectivity index is 2.51. The maximum atomic E-state index is 12.9. The van der Waals surface area contributed by atoms with Gasteiger partial charge >= 0.3 is 0 Å². The third kappa shape index (κ3) is 1.19. The second-order valence-corrected chi connectivity index (χ2v) is 2.85. The first-order valence-corrected chi connectivity index (χ1v) is 3.68. The van der Waals surface area contributed by atoms with E-state index >= 15 is 0 Å². The number of halogens is 3. The molecule has 1 aliphatic rings. The molecule has 0 spiro atoms. The average Bonchev–Trinajstić information content (AvgIpc) is 2.68. The van der Waals surface area contributed by atoms with E-state index in [9.17, 15) is 13.2 Å². The van der Waals surface area contributed by atoms with E-state index in [1.165, 1.54) is 0 Å². The molecule has 0 saturated heterocycles. The minimum Gasteiger partial charge on any atom is -0.207 e. The minimum atomic E-state index is -0.866. The molecule has 0 N–H and O–H groups in total. The highest BCUT2D eigenvalue weighted by Gasteiger charge is 2.30. The largest absolute Gasteiger partial charge is 0.207 e. The zero-order valence-corrected chi connectivity index (χ0v) is 6.20. The fraction of sp³-hybridized carbons (Fsp3) is 0.222. The van der Waals surface area contributed by atoms with Crippen LogP contribution in [-0.4, -0.2) is 0 Å². The minimum absolute atomic E-state index is 0.0311. The van der Waals surface area contributed by atoms with Crippen molar-refractivity contribution < 1.29 is 13.2 Å². The molecule has 63 valence electrons. The SMILES string of the molecule is Fc1cc(F)c([C]2CC2)c(F)c1. The third-order valence-electron chi connectivity index (χ3n) is 1.86. The molecule has 0 nitrogen and oxygen atoms in total. The highest BCUT2D eigenvalue weighted by molar-refractivity contribution is 5.39. The lowest BCUT2D eigenvalue weighted by Crippen LogP contribution is -1.95. The summed E-state index contributed by atoms with van der Waals surface area (Å²) in [5.74, 6) is -1.71. The Hall–Kier alpha value is -0.990. The Morgan fingerprint density at radius 2 is 1.42 bits per heavy atom. The first-order valence-electron chi connectivity index (χ1n) is 3.68. The number of benzene rings is 1. The zero-order valence-electron chi connectivity index (χ0n) is 6.20. The first-order chi connectivity index (χ1) is 5.68. The normalized spacial score (nSPS) is 16.6. The van der Waals surface area contributed by atoms with Crippen LogP contribution in [0.1, 0.15) is 18.4 Å². The van der Waals surface area contributed by atoms with Crippen molar-refractivity contribution in [1.29, 1.82) is 0 Å². The predicted octanol–water partition coefficient (Wildman–Crippen LogP) is 2.82. The van der Waals surface area contributed by atoms with Gasteiger partial charge in [0.15, 0.2) is 0 Å². The van der Waals surface area contributed by atoms with Crippen molar-refractivity contribution in [3.8, 4) is 0 Å². The van der Waals surface area contributed by atoms with Gasteiger partial charge in [0.1, 0.15) is 17.5 Å².